The molecule has 0 spiro atoms. The van der Waals surface area contributed by atoms with Crippen LogP contribution in [0, 0.1) is 6.92 Å². The third-order valence-electron chi connectivity index (χ3n) is 4.69. The number of hydrogen-bond acceptors (Lipinski definition) is 4. The first-order valence-electron chi connectivity index (χ1n) is 9.02. The van der Waals surface area contributed by atoms with Gasteiger partial charge in [-0.2, -0.15) is 5.10 Å². The molecule has 1 aromatic carbocycles. The minimum atomic E-state index is -0.135. The van der Waals surface area contributed by atoms with Gasteiger partial charge in [-0.25, -0.2) is 9.50 Å². The highest BCUT2D eigenvalue weighted by atomic mass is 16.1. The van der Waals surface area contributed by atoms with Gasteiger partial charge in [0.05, 0.1) is 11.7 Å². The van der Waals surface area contributed by atoms with Gasteiger partial charge in [-0.05, 0) is 31.6 Å². The molecule has 2 heterocycles. The highest BCUT2D eigenvalue weighted by molar-refractivity contribution is 6.00. The number of hydrogen-bond donors (Lipinski definition) is 1. The van der Waals surface area contributed by atoms with Crippen LogP contribution in [0.1, 0.15) is 41.5 Å². The largest absolute Gasteiger partial charge is 0.350 e. The normalized spacial score (nSPS) is 12.5. The van der Waals surface area contributed by atoms with Crippen LogP contribution in [0.15, 0.2) is 48.8 Å². The third-order valence-corrected chi connectivity index (χ3v) is 4.69. The lowest BCUT2D eigenvalue weighted by molar-refractivity contribution is 0.0936. The number of carbonyl (C=O) groups is 1. The first-order valence-corrected chi connectivity index (χ1v) is 9.02. The Hall–Kier alpha value is -2.73. The highest BCUT2D eigenvalue weighted by Crippen LogP contribution is 2.20. The zero-order chi connectivity index (χ0) is 18.5. The van der Waals surface area contributed by atoms with Gasteiger partial charge >= 0.3 is 0 Å². The Morgan fingerprint density at radius 3 is 2.62 bits per heavy atom. The van der Waals surface area contributed by atoms with Gasteiger partial charge in [-0.1, -0.05) is 44.2 Å². The Morgan fingerprint density at radius 1 is 1.19 bits per heavy atom. The Balaban J connectivity index is 1.82. The van der Waals surface area contributed by atoms with Gasteiger partial charge in [0.2, 0.25) is 0 Å². The van der Waals surface area contributed by atoms with Crippen LogP contribution in [0.2, 0.25) is 0 Å². The lowest BCUT2D eigenvalue weighted by atomic mass is 10.0. The average molecular weight is 351 g/mol. The van der Waals surface area contributed by atoms with Crippen LogP contribution >= 0.6 is 0 Å². The van der Waals surface area contributed by atoms with Gasteiger partial charge in [0.25, 0.3) is 5.91 Å². The number of fused-ring (bicyclic) bond motifs is 1. The maximum Gasteiger partial charge on any atom is 0.257 e. The third kappa shape index (κ3) is 3.60. The average Bonchev–Trinajstić information content (AvgIpc) is 3.01. The molecule has 1 unspecified atom stereocenters. The van der Waals surface area contributed by atoms with Crippen LogP contribution in [0.3, 0.4) is 0 Å². The Bertz CT molecular complexity index is 870. The fourth-order valence-electron chi connectivity index (χ4n) is 3.34. The van der Waals surface area contributed by atoms with E-state index in [9.17, 15) is 4.79 Å². The van der Waals surface area contributed by atoms with Gasteiger partial charge in [0.15, 0.2) is 5.65 Å². The SMILES string of the molecule is CCN(CC)C(CNC(=O)c1c(C)nn2cccnc12)c1ccccc1. The summed E-state index contributed by atoms with van der Waals surface area (Å²) in [7, 11) is 0. The van der Waals surface area contributed by atoms with Crippen molar-refractivity contribution in [1.82, 2.24) is 24.8 Å². The number of amides is 1. The van der Waals surface area contributed by atoms with Crippen molar-refractivity contribution >= 4 is 11.6 Å². The molecule has 2 aromatic heterocycles. The van der Waals surface area contributed by atoms with Crippen LogP contribution in [-0.2, 0) is 0 Å². The monoisotopic (exact) mass is 351 g/mol. The van der Waals surface area contributed by atoms with Gasteiger partial charge in [-0.15, -0.1) is 0 Å². The molecule has 136 valence electrons. The van der Waals surface area contributed by atoms with Gasteiger partial charge < -0.3 is 5.32 Å². The quantitative estimate of drug-likeness (QED) is 0.711. The summed E-state index contributed by atoms with van der Waals surface area (Å²) in [6.07, 6.45) is 3.48. The van der Waals surface area contributed by atoms with E-state index in [1.165, 1.54) is 5.56 Å². The van der Waals surface area contributed by atoms with E-state index in [0.717, 1.165) is 13.1 Å². The second-order valence-corrected chi connectivity index (χ2v) is 6.21. The molecule has 3 rings (SSSR count). The van der Waals surface area contributed by atoms with Crippen molar-refractivity contribution in [2.75, 3.05) is 19.6 Å². The van der Waals surface area contributed by atoms with E-state index in [1.807, 2.05) is 25.1 Å². The summed E-state index contributed by atoms with van der Waals surface area (Å²) in [4.78, 5) is 19.5. The summed E-state index contributed by atoms with van der Waals surface area (Å²) in [5.41, 5.74) is 3.00. The molecule has 0 saturated carbocycles. The Kier molecular flexibility index (Phi) is 5.63. The number of carbonyl (C=O) groups excluding carboxylic acids is 1. The van der Waals surface area contributed by atoms with Gasteiger partial charge in [0.1, 0.15) is 5.56 Å². The van der Waals surface area contributed by atoms with E-state index < -0.39 is 0 Å². The number of likely N-dealkylation sites (N-methyl/N-ethyl adjacent to an activating group) is 1. The molecule has 0 radical (unpaired) electrons. The maximum absolute atomic E-state index is 12.9. The molecule has 3 aromatic rings. The highest BCUT2D eigenvalue weighted by Gasteiger charge is 2.22. The molecular formula is C20H25N5O. The molecule has 6 heteroatoms. The molecule has 26 heavy (non-hydrogen) atoms. The fourth-order valence-corrected chi connectivity index (χ4v) is 3.34. The molecule has 0 aliphatic carbocycles. The van der Waals surface area contributed by atoms with Crippen LogP contribution in [0.25, 0.3) is 5.65 Å². The summed E-state index contributed by atoms with van der Waals surface area (Å²) in [6.45, 7) is 8.49. The van der Waals surface area contributed by atoms with Crippen molar-refractivity contribution in [3.8, 4) is 0 Å². The van der Waals surface area contributed by atoms with Crippen LogP contribution < -0.4 is 5.32 Å². The Morgan fingerprint density at radius 2 is 1.92 bits per heavy atom. The first-order chi connectivity index (χ1) is 12.7. The number of aryl methyl sites for hydroxylation is 1. The van der Waals surface area contributed by atoms with E-state index in [2.05, 4.69) is 46.3 Å². The molecule has 0 fully saturated rings. The maximum atomic E-state index is 12.9. The van der Waals surface area contributed by atoms with Crippen molar-refractivity contribution in [2.45, 2.75) is 26.8 Å². The number of nitrogens with one attached hydrogen (secondary N) is 1. The molecule has 0 aliphatic heterocycles. The molecule has 0 aliphatic rings. The number of rotatable bonds is 7. The second kappa shape index (κ2) is 8.10. The smallest absolute Gasteiger partial charge is 0.257 e. The molecule has 0 bridgehead atoms. The molecule has 6 nitrogen and oxygen atoms in total. The summed E-state index contributed by atoms with van der Waals surface area (Å²) >= 11 is 0. The molecular weight excluding hydrogens is 326 g/mol. The lowest BCUT2D eigenvalue weighted by Gasteiger charge is -2.30. The topological polar surface area (TPSA) is 62.5 Å². The van der Waals surface area contributed by atoms with E-state index in [-0.39, 0.29) is 11.9 Å². The van der Waals surface area contributed by atoms with Crippen molar-refractivity contribution < 1.29 is 4.79 Å². The predicted octanol–water partition coefficient (Wildman–Crippen LogP) is 2.85. The van der Waals surface area contributed by atoms with Crippen LogP contribution in [0.5, 0.6) is 0 Å². The fraction of sp³-hybridized carbons (Fsp3) is 0.350. The van der Waals surface area contributed by atoms with E-state index in [1.54, 1.807) is 23.0 Å². The van der Waals surface area contributed by atoms with E-state index in [0.29, 0.717) is 23.4 Å². The van der Waals surface area contributed by atoms with E-state index >= 15 is 0 Å². The number of nitrogens with zero attached hydrogens (tertiary/aromatic N) is 4. The number of aromatic nitrogens is 3. The van der Waals surface area contributed by atoms with Gasteiger partial charge in [0, 0.05) is 18.9 Å². The second-order valence-electron chi connectivity index (χ2n) is 6.21. The minimum Gasteiger partial charge on any atom is -0.350 e. The summed E-state index contributed by atoms with van der Waals surface area (Å²) in [5, 5.41) is 7.46. The zero-order valence-corrected chi connectivity index (χ0v) is 15.5. The van der Waals surface area contributed by atoms with Gasteiger partial charge in [-0.3, -0.25) is 9.69 Å². The summed E-state index contributed by atoms with van der Waals surface area (Å²) in [6, 6.07) is 12.2. The minimum absolute atomic E-state index is 0.130. The van der Waals surface area contributed by atoms with Crippen LogP contribution in [-0.4, -0.2) is 45.0 Å². The molecule has 1 amide bonds. The predicted molar refractivity (Wildman–Crippen MR) is 102 cm³/mol. The van der Waals surface area contributed by atoms with Crippen molar-refractivity contribution in [2.24, 2.45) is 0 Å². The molecule has 0 saturated heterocycles. The standard InChI is InChI=1S/C20H25N5O/c1-4-24(5-2)17(16-10-7-6-8-11-16)14-22-20(26)18-15(3)23-25-13-9-12-21-19(18)25/h6-13,17H,4-5,14H2,1-3H3,(H,22,26). The van der Waals surface area contributed by atoms with Crippen molar-refractivity contribution in [1.29, 1.82) is 0 Å². The number of benzene rings is 1. The first kappa shape index (κ1) is 18.1. The van der Waals surface area contributed by atoms with Crippen LogP contribution in [0.4, 0.5) is 0 Å². The Labute approximate surface area is 153 Å². The zero-order valence-electron chi connectivity index (χ0n) is 15.5. The van der Waals surface area contributed by atoms with E-state index in [4.69, 9.17) is 0 Å². The molecule has 1 N–H and O–H groups in total. The van der Waals surface area contributed by atoms with Crippen molar-refractivity contribution in [3.63, 3.8) is 0 Å². The summed E-state index contributed by atoms with van der Waals surface area (Å²) < 4.78 is 1.64. The van der Waals surface area contributed by atoms with Crippen molar-refractivity contribution in [3.05, 3.63) is 65.6 Å². The molecule has 1 atom stereocenters. The lowest BCUT2D eigenvalue weighted by Crippen LogP contribution is -2.38. The summed E-state index contributed by atoms with van der Waals surface area (Å²) in [5.74, 6) is -0.135.